The van der Waals surface area contributed by atoms with Crippen molar-refractivity contribution in [1.29, 1.82) is 0 Å². The van der Waals surface area contributed by atoms with Gasteiger partial charge >= 0.3 is 98.0 Å². The van der Waals surface area contributed by atoms with Gasteiger partial charge in [0.05, 0.1) is 0 Å². The monoisotopic (exact) mass is 528 g/mol. The maximum atomic E-state index is 2.31. The predicted octanol–water partition coefficient (Wildman–Crippen LogP) is 11.1. The average molecular weight is 530 g/mol. The summed E-state index contributed by atoms with van der Waals surface area (Å²) in [5, 5.41) is 0. The van der Waals surface area contributed by atoms with Gasteiger partial charge in [-0.25, -0.2) is 0 Å². The first-order chi connectivity index (χ1) is 14.9. The van der Waals surface area contributed by atoms with E-state index in [0.717, 1.165) is 0 Å². The van der Waals surface area contributed by atoms with Crippen LogP contribution >= 0.6 is 0 Å². The summed E-state index contributed by atoms with van der Waals surface area (Å²) in [6.07, 6.45) is 40.1. The summed E-state index contributed by atoms with van der Waals surface area (Å²) in [5.41, 5.74) is 0. The van der Waals surface area contributed by atoms with Crippen LogP contribution in [0.2, 0.25) is 4.37 Å². The van der Waals surface area contributed by atoms with Crippen molar-refractivity contribution < 1.29 is 0 Å². The van der Waals surface area contributed by atoms with Crippen LogP contribution in [0.5, 0.6) is 0 Å². The van der Waals surface area contributed by atoms with E-state index in [1.807, 2.05) is 23.0 Å². The molecule has 0 aliphatic carbocycles. The SMILES string of the molecule is CCCCCCCCCCCCCCCCCCCCCCCCCCCC[CH2][Sb]. The van der Waals surface area contributed by atoms with Gasteiger partial charge in [0.25, 0.3) is 0 Å². The van der Waals surface area contributed by atoms with Crippen molar-refractivity contribution in [2.45, 2.75) is 185 Å². The number of hydrogen-bond acceptors (Lipinski definition) is 0. The normalized spacial score (nSPS) is 11.4. The maximum absolute atomic E-state index is 2.31. The molecule has 0 aliphatic rings. The Morgan fingerprint density at radius 2 is 0.433 bits per heavy atom. The molecule has 0 unspecified atom stereocenters. The Labute approximate surface area is 207 Å². The molecule has 0 heterocycles. The molecule has 0 bridgehead atoms. The Morgan fingerprint density at radius 1 is 0.267 bits per heavy atom. The third kappa shape index (κ3) is 28.8. The van der Waals surface area contributed by atoms with Crippen LogP contribution in [-0.4, -0.2) is 23.0 Å². The molecule has 0 saturated carbocycles. The van der Waals surface area contributed by atoms with Crippen LogP contribution in [0.25, 0.3) is 0 Å². The van der Waals surface area contributed by atoms with Crippen molar-refractivity contribution in [3.63, 3.8) is 0 Å². The number of hydrogen-bond donors (Lipinski definition) is 0. The zero-order chi connectivity index (χ0) is 21.8. The van der Waals surface area contributed by atoms with Gasteiger partial charge in [0.2, 0.25) is 0 Å². The molecule has 0 fully saturated rings. The summed E-state index contributed by atoms with van der Waals surface area (Å²) in [6, 6.07) is 0. The van der Waals surface area contributed by atoms with Crippen molar-refractivity contribution in [1.82, 2.24) is 0 Å². The molecule has 180 valence electrons. The zero-order valence-electron chi connectivity index (χ0n) is 21.2. The van der Waals surface area contributed by atoms with Gasteiger partial charge in [-0.05, 0) is 0 Å². The molecular weight excluding hydrogens is 470 g/mol. The van der Waals surface area contributed by atoms with E-state index in [9.17, 15) is 0 Å². The van der Waals surface area contributed by atoms with Crippen LogP contribution in [0.4, 0.5) is 0 Å². The standard InChI is InChI=1S/C29H59.Sb/c1-3-5-7-9-11-13-15-17-19-21-23-25-27-29-28-26-24-22-20-18-16-14-12-10-8-6-4-2;/h1,3-29H2,2H3;. The summed E-state index contributed by atoms with van der Waals surface area (Å²) in [4.78, 5) is 0. The molecule has 0 rings (SSSR count). The van der Waals surface area contributed by atoms with Crippen LogP contribution in [0.15, 0.2) is 0 Å². The van der Waals surface area contributed by atoms with E-state index in [-0.39, 0.29) is 0 Å². The molecule has 0 aromatic carbocycles. The third-order valence-electron chi connectivity index (χ3n) is 6.76. The summed E-state index contributed by atoms with van der Waals surface area (Å²) in [6.45, 7) is 2.31. The predicted molar refractivity (Wildman–Crippen MR) is 141 cm³/mol. The third-order valence-corrected chi connectivity index (χ3v) is 7.66. The van der Waals surface area contributed by atoms with Gasteiger partial charge in [0, 0.05) is 0 Å². The molecule has 0 atom stereocenters. The number of unbranched alkanes of at least 4 members (excludes halogenated alkanes) is 26. The van der Waals surface area contributed by atoms with Gasteiger partial charge in [0.1, 0.15) is 0 Å². The van der Waals surface area contributed by atoms with Crippen LogP contribution in [0.3, 0.4) is 0 Å². The first-order valence-electron chi connectivity index (χ1n) is 14.5. The van der Waals surface area contributed by atoms with E-state index in [0.29, 0.717) is 0 Å². The fourth-order valence-electron chi connectivity index (χ4n) is 4.60. The average Bonchev–Trinajstić information content (AvgIpc) is 2.76. The summed E-state index contributed by atoms with van der Waals surface area (Å²) >= 11 is 1.98. The first-order valence-corrected chi connectivity index (χ1v) is 16.3. The molecule has 1 heteroatoms. The Morgan fingerprint density at radius 3 is 0.600 bits per heavy atom. The second-order valence-corrected chi connectivity index (χ2v) is 11.2. The van der Waals surface area contributed by atoms with Crippen molar-refractivity contribution in [3.8, 4) is 0 Å². The Kier molecular flexibility index (Phi) is 30.6. The molecule has 0 amide bonds. The van der Waals surface area contributed by atoms with E-state index < -0.39 is 0 Å². The quantitative estimate of drug-likeness (QED) is 0.0733. The minimum atomic E-state index is 1.37. The molecule has 0 aromatic rings. The molecule has 0 nitrogen and oxygen atoms in total. The van der Waals surface area contributed by atoms with Crippen LogP contribution < -0.4 is 0 Å². The van der Waals surface area contributed by atoms with Gasteiger partial charge in [-0.15, -0.1) is 0 Å². The Bertz CT molecular complexity index is 248. The zero-order valence-corrected chi connectivity index (χ0v) is 23.8. The Balaban J connectivity index is 2.97. The van der Waals surface area contributed by atoms with E-state index in [1.165, 1.54) is 178 Å². The van der Waals surface area contributed by atoms with Crippen molar-refractivity contribution in [2.24, 2.45) is 0 Å². The Hall–Kier alpha value is 0.818. The molecule has 0 aliphatic heterocycles. The summed E-state index contributed by atoms with van der Waals surface area (Å²) in [5.74, 6) is 0. The second kappa shape index (κ2) is 29.8. The van der Waals surface area contributed by atoms with E-state index in [2.05, 4.69) is 6.92 Å². The van der Waals surface area contributed by atoms with Crippen molar-refractivity contribution in [2.75, 3.05) is 0 Å². The first kappa shape index (κ1) is 30.8. The van der Waals surface area contributed by atoms with E-state index in [4.69, 9.17) is 0 Å². The molecule has 0 spiro atoms. The molecule has 0 aromatic heterocycles. The molecule has 0 saturated heterocycles. The molecule has 2 radical (unpaired) electrons. The molecule has 0 N–H and O–H groups in total. The minimum absolute atomic E-state index is 1.37. The number of rotatable bonds is 27. The fourth-order valence-corrected chi connectivity index (χ4v) is 5.24. The topological polar surface area (TPSA) is 0 Å². The molecule has 30 heavy (non-hydrogen) atoms. The molecular formula is C29H59Sb. The second-order valence-electron chi connectivity index (χ2n) is 9.92. The van der Waals surface area contributed by atoms with Crippen LogP contribution in [0.1, 0.15) is 180 Å². The van der Waals surface area contributed by atoms with Gasteiger partial charge in [0.15, 0.2) is 0 Å². The fraction of sp³-hybridized carbons (Fsp3) is 1.00. The van der Waals surface area contributed by atoms with Gasteiger partial charge < -0.3 is 0 Å². The van der Waals surface area contributed by atoms with Crippen LogP contribution in [0, 0.1) is 0 Å². The van der Waals surface area contributed by atoms with E-state index >= 15 is 0 Å². The summed E-state index contributed by atoms with van der Waals surface area (Å²) < 4.78 is 1.42. The van der Waals surface area contributed by atoms with Gasteiger partial charge in [-0.1, -0.05) is 110 Å². The summed E-state index contributed by atoms with van der Waals surface area (Å²) in [7, 11) is 0. The van der Waals surface area contributed by atoms with Gasteiger partial charge in [-0.3, -0.25) is 0 Å². The van der Waals surface area contributed by atoms with Crippen LogP contribution in [-0.2, 0) is 0 Å². The van der Waals surface area contributed by atoms with Crippen molar-refractivity contribution in [3.05, 3.63) is 0 Å². The van der Waals surface area contributed by atoms with Gasteiger partial charge in [-0.2, -0.15) is 0 Å². The van der Waals surface area contributed by atoms with Crippen molar-refractivity contribution >= 4 is 23.0 Å². The van der Waals surface area contributed by atoms with E-state index in [1.54, 1.807) is 0 Å².